The maximum Gasteiger partial charge on any atom is 0.145 e. The Kier molecular flexibility index (Phi) is 5.88. The number of aryl methyl sites for hydroxylation is 1. The molecule has 0 amide bonds. The molecule has 1 fully saturated rings. The Morgan fingerprint density at radius 1 is 1.14 bits per heavy atom. The van der Waals surface area contributed by atoms with Gasteiger partial charge in [0.25, 0.3) is 0 Å². The van der Waals surface area contributed by atoms with Crippen LogP contribution in [0.4, 0.5) is 5.82 Å². The van der Waals surface area contributed by atoms with Gasteiger partial charge in [0.2, 0.25) is 0 Å². The van der Waals surface area contributed by atoms with Crippen molar-refractivity contribution in [3.05, 3.63) is 82.9 Å². The summed E-state index contributed by atoms with van der Waals surface area (Å²) >= 11 is 0. The third-order valence-corrected chi connectivity index (χ3v) is 5.62. The van der Waals surface area contributed by atoms with Gasteiger partial charge < -0.3 is 10.6 Å². The van der Waals surface area contributed by atoms with Crippen LogP contribution in [0.2, 0.25) is 0 Å². The predicted molar refractivity (Wildman–Crippen MR) is 118 cm³/mol. The molecule has 0 saturated carbocycles. The van der Waals surface area contributed by atoms with Gasteiger partial charge in [-0.15, -0.1) is 0 Å². The number of benzene rings is 2. The van der Waals surface area contributed by atoms with Crippen molar-refractivity contribution in [1.82, 2.24) is 10.3 Å². The number of aromatic nitrogens is 1. The van der Waals surface area contributed by atoms with Crippen LogP contribution >= 0.6 is 0 Å². The van der Waals surface area contributed by atoms with E-state index in [9.17, 15) is 5.26 Å². The van der Waals surface area contributed by atoms with Crippen molar-refractivity contribution < 1.29 is 0 Å². The van der Waals surface area contributed by atoms with E-state index in [1.807, 2.05) is 30.3 Å². The number of nitriles is 1. The number of rotatable bonds is 5. The van der Waals surface area contributed by atoms with Crippen LogP contribution in [0.5, 0.6) is 0 Å². The second-order valence-electron chi connectivity index (χ2n) is 7.63. The molecule has 0 bridgehead atoms. The van der Waals surface area contributed by atoms with E-state index in [-0.39, 0.29) is 0 Å². The van der Waals surface area contributed by atoms with Crippen molar-refractivity contribution in [3.8, 4) is 17.3 Å². The zero-order valence-corrected chi connectivity index (χ0v) is 16.8. The third kappa shape index (κ3) is 4.31. The summed E-state index contributed by atoms with van der Waals surface area (Å²) in [5.41, 5.74) is 6.17. The monoisotopic (exact) mass is 382 g/mol. The first-order valence-corrected chi connectivity index (χ1v) is 10.3. The van der Waals surface area contributed by atoms with Crippen LogP contribution in [0.1, 0.15) is 41.0 Å². The van der Waals surface area contributed by atoms with Crippen molar-refractivity contribution in [2.45, 2.75) is 32.2 Å². The number of nitrogens with zero attached hydrogens (tertiary/aromatic N) is 2. The summed E-state index contributed by atoms with van der Waals surface area (Å²) in [5, 5.41) is 16.9. The third-order valence-electron chi connectivity index (χ3n) is 5.62. The highest BCUT2D eigenvalue weighted by Crippen LogP contribution is 2.34. The van der Waals surface area contributed by atoms with Gasteiger partial charge in [-0.25, -0.2) is 4.98 Å². The number of nitrogens with one attached hydrogen (secondary N) is 2. The molecule has 2 aromatic carbocycles. The molecule has 2 heterocycles. The average Bonchev–Trinajstić information content (AvgIpc) is 2.78. The highest BCUT2D eigenvalue weighted by atomic mass is 15.0. The first-order valence-electron chi connectivity index (χ1n) is 10.3. The summed E-state index contributed by atoms with van der Waals surface area (Å²) in [4.78, 5) is 4.89. The fourth-order valence-electron chi connectivity index (χ4n) is 4.03. The minimum Gasteiger partial charge on any atom is -0.365 e. The summed E-state index contributed by atoms with van der Waals surface area (Å²) in [7, 11) is 0. The SMILES string of the molecule is Cc1ccccc1-c1cc(C2CCCNC2)c(C#N)c(NCc2ccccc2)n1. The van der Waals surface area contributed by atoms with Crippen LogP contribution < -0.4 is 10.6 Å². The fourth-order valence-corrected chi connectivity index (χ4v) is 4.03. The lowest BCUT2D eigenvalue weighted by molar-refractivity contribution is 0.461. The molecule has 146 valence electrons. The molecule has 1 aliphatic heterocycles. The zero-order valence-electron chi connectivity index (χ0n) is 16.8. The number of anilines is 1. The maximum absolute atomic E-state index is 9.99. The van der Waals surface area contributed by atoms with Gasteiger partial charge >= 0.3 is 0 Å². The van der Waals surface area contributed by atoms with Crippen molar-refractivity contribution in [2.75, 3.05) is 18.4 Å². The number of hydrogen-bond acceptors (Lipinski definition) is 4. The molecule has 1 aromatic heterocycles. The molecule has 1 unspecified atom stereocenters. The molecule has 2 N–H and O–H groups in total. The van der Waals surface area contributed by atoms with E-state index < -0.39 is 0 Å². The topological polar surface area (TPSA) is 60.7 Å². The first kappa shape index (κ1) is 19.2. The van der Waals surface area contributed by atoms with Gasteiger partial charge in [0, 0.05) is 18.7 Å². The lowest BCUT2D eigenvalue weighted by Crippen LogP contribution is -2.29. The molecular weight excluding hydrogens is 356 g/mol. The van der Waals surface area contributed by atoms with Crippen LogP contribution in [-0.4, -0.2) is 18.1 Å². The standard InChI is InChI=1S/C25H26N4/c1-18-8-5-6-12-21(18)24-14-22(20-11-7-13-27-17-20)23(15-26)25(29-24)28-16-19-9-3-2-4-10-19/h2-6,8-10,12,14,20,27H,7,11,13,16-17H2,1H3,(H,28,29). The van der Waals surface area contributed by atoms with E-state index in [1.165, 1.54) is 11.1 Å². The van der Waals surface area contributed by atoms with E-state index in [0.29, 0.717) is 23.8 Å². The van der Waals surface area contributed by atoms with Gasteiger partial charge in [0.1, 0.15) is 11.9 Å². The highest BCUT2D eigenvalue weighted by Gasteiger charge is 2.23. The summed E-state index contributed by atoms with van der Waals surface area (Å²) in [6.07, 6.45) is 2.22. The van der Waals surface area contributed by atoms with Gasteiger partial charge in [-0.3, -0.25) is 0 Å². The Morgan fingerprint density at radius 3 is 2.66 bits per heavy atom. The molecule has 1 saturated heterocycles. The lowest BCUT2D eigenvalue weighted by Gasteiger charge is -2.25. The quantitative estimate of drug-likeness (QED) is 0.651. The normalized spacial score (nSPS) is 16.2. The molecule has 0 spiro atoms. The zero-order chi connectivity index (χ0) is 20.1. The Bertz CT molecular complexity index is 1010. The Balaban J connectivity index is 1.78. The van der Waals surface area contributed by atoms with Gasteiger partial charge in [0.05, 0.1) is 11.3 Å². The van der Waals surface area contributed by atoms with E-state index >= 15 is 0 Å². The molecule has 4 nitrogen and oxygen atoms in total. The lowest BCUT2D eigenvalue weighted by atomic mass is 9.87. The number of pyridine rings is 1. The van der Waals surface area contributed by atoms with Crippen molar-refractivity contribution >= 4 is 5.82 Å². The molecule has 1 aliphatic rings. The van der Waals surface area contributed by atoms with Gasteiger partial charge in [0.15, 0.2) is 0 Å². The smallest absolute Gasteiger partial charge is 0.145 e. The molecule has 4 rings (SSSR count). The van der Waals surface area contributed by atoms with Crippen molar-refractivity contribution in [2.24, 2.45) is 0 Å². The predicted octanol–water partition coefficient (Wildman–Crippen LogP) is 5.01. The number of hydrogen-bond donors (Lipinski definition) is 2. The van der Waals surface area contributed by atoms with Gasteiger partial charge in [-0.2, -0.15) is 5.26 Å². The first-order chi connectivity index (χ1) is 14.3. The van der Waals surface area contributed by atoms with Crippen LogP contribution in [-0.2, 0) is 6.54 Å². The van der Waals surface area contributed by atoms with Crippen molar-refractivity contribution in [3.63, 3.8) is 0 Å². The summed E-state index contributed by atoms with van der Waals surface area (Å²) in [6, 6.07) is 23.1. The highest BCUT2D eigenvalue weighted by molar-refractivity contribution is 5.70. The van der Waals surface area contributed by atoms with Crippen LogP contribution in [0.3, 0.4) is 0 Å². The summed E-state index contributed by atoms with van der Waals surface area (Å²) in [5.74, 6) is 1.01. The molecular formula is C25H26N4. The average molecular weight is 383 g/mol. The van der Waals surface area contributed by atoms with Gasteiger partial charge in [-0.1, -0.05) is 54.6 Å². The van der Waals surface area contributed by atoms with E-state index in [2.05, 4.69) is 54.0 Å². The molecule has 29 heavy (non-hydrogen) atoms. The van der Waals surface area contributed by atoms with Gasteiger partial charge in [-0.05, 0) is 55.0 Å². The second-order valence-corrected chi connectivity index (χ2v) is 7.63. The summed E-state index contributed by atoms with van der Waals surface area (Å²) in [6.45, 7) is 4.70. The minimum atomic E-state index is 0.335. The largest absolute Gasteiger partial charge is 0.365 e. The molecule has 1 atom stereocenters. The fraction of sp³-hybridized carbons (Fsp3) is 0.280. The molecule has 0 aliphatic carbocycles. The molecule has 0 radical (unpaired) electrons. The van der Waals surface area contributed by atoms with E-state index in [4.69, 9.17) is 4.98 Å². The Hall–Kier alpha value is -3.16. The Labute approximate surface area is 172 Å². The Morgan fingerprint density at radius 2 is 1.93 bits per heavy atom. The van der Waals surface area contributed by atoms with E-state index in [1.54, 1.807) is 0 Å². The summed E-state index contributed by atoms with van der Waals surface area (Å²) < 4.78 is 0. The number of piperidine rings is 1. The molecule has 4 heteroatoms. The van der Waals surface area contributed by atoms with Crippen LogP contribution in [0.15, 0.2) is 60.7 Å². The second kappa shape index (κ2) is 8.89. The maximum atomic E-state index is 9.99. The molecule has 3 aromatic rings. The minimum absolute atomic E-state index is 0.335. The van der Waals surface area contributed by atoms with Crippen LogP contribution in [0.25, 0.3) is 11.3 Å². The van der Waals surface area contributed by atoms with Crippen LogP contribution in [0, 0.1) is 18.3 Å². The van der Waals surface area contributed by atoms with Crippen molar-refractivity contribution in [1.29, 1.82) is 5.26 Å². The van der Waals surface area contributed by atoms with E-state index in [0.717, 1.165) is 42.8 Å².